The standard InChI is InChI=1S/C17H26NO3/c1-11(2)3-15(10-19)18-16(20)21-17-7-12-4-13(8-17)6-14(5-12)9-17/h11-15H,3-9H2,1-2H3,(H,18,20)/t12?,13?,14?,15-,17?/m0/s1. The fourth-order valence-electron chi connectivity index (χ4n) is 5.13. The topological polar surface area (TPSA) is 55.4 Å². The van der Waals surface area contributed by atoms with Crippen LogP contribution in [0.1, 0.15) is 58.8 Å². The number of nitrogens with one attached hydrogen (secondary N) is 1. The highest BCUT2D eigenvalue weighted by Crippen LogP contribution is 2.57. The van der Waals surface area contributed by atoms with Crippen LogP contribution in [0.5, 0.6) is 0 Å². The normalized spacial score (nSPS) is 38.3. The molecule has 4 bridgehead atoms. The highest BCUT2D eigenvalue weighted by Gasteiger charge is 2.53. The third-order valence-corrected chi connectivity index (χ3v) is 5.43. The molecular weight excluding hydrogens is 266 g/mol. The molecule has 1 N–H and O–H groups in total. The van der Waals surface area contributed by atoms with Crippen LogP contribution in [0.2, 0.25) is 0 Å². The second kappa shape index (κ2) is 5.62. The van der Waals surface area contributed by atoms with Crippen LogP contribution in [0.3, 0.4) is 0 Å². The smallest absolute Gasteiger partial charge is 0.408 e. The Morgan fingerprint density at radius 3 is 2.14 bits per heavy atom. The molecule has 0 saturated heterocycles. The number of hydrogen-bond acceptors (Lipinski definition) is 3. The molecule has 4 fully saturated rings. The van der Waals surface area contributed by atoms with Gasteiger partial charge in [0.25, 0.3) is 0 Å². The third kappa shape index (κ3) is 3.24. The summed E-state index contributed by atoms with van der Waals surface area (Å²) in [5, 5.41) is 2.69. The van der Waals surface area contributed by atoms with Crippen LogP contribution in [0.4, 0.5) is 4.79 Å². The zero-order chi connectivity index (χ0) is 15.0. The van der Waals surface area contributed by atoms with Crippen molar-refractivity contribution in [3.63, 3.8) is 0 Å². The molecule has 0 spiro atoms. The lowest BCUT2D eigenvalue weighted by atomic mass is 9.54. The van der Waals surface area contributed by atoms with Crippen LogP contribution >= 0.6 is 0 Å². The van der Waals surface area contributed by atoms with Crippen molar-refractivity contribution in [1.82, 2.24) is 5.32 Å². The van der Waals surface area contributed by atoms with Crippen molar-refractivity contribution in [2.75, 3.05) is 0 Å². The van der Waals surface area contributed by atoms with Crippen LogP contribution in [0, 0.1) is 23.7 Å². The summed E-state index contributed by atoms with van der Waals surface area (Å²) in [6.45, 7) is 4.05. The van der Waals surface area contributed by atoms with E-state index in [0.717, 1.165) is 37.0 Å². The van der Waals surface area contributed by atoms with Crippen molar-refractivity contribution in [3.8, 4) is 0 Å². The van der Waals surface area contributed by atoms with Gasteiger partial charge in [0.05, 0.1) is 6.04 Å². The van der Waals surface area contributed by atoms with Crippen LogP contribution in [0.25, 0.3) is 0 Å². The largest absolute Gasteiger partial charge is 0.443 e. The Kier molecular flexibility index (Phi) is 3.98. The van der Waals surface area contributed by atoms with Gasteiger partial charge < -0.3 is 10.1 Å². The summed E-state index contributed by atoms with van der Waals surface area (Å²) in [5.74, 6) is 2.57. The first-order valence-electron chi connectivity index (χ1n) is 8.35. The highest BCUT2D eigenvalue weighted by molar-refractivity contribution is 5.73. The van der Waals surface area contributed by atoms with E-state index in [1.807, 2.05) is 20.1 Å². The molecule has 0 unspecified atom stereocenters. The molecular formula is C17H26NO3. The third-order valence-electron chi connectivity index (χ3n) is 5.43. The summed E-state index contributed by atoms with van der Waals surface area (Å²) < 4.78 is 5.84. The Balaban J connectivity index is 1.58. The molecule has 117 valence electrons. The van der Waals surface area contributed by atoms with Gasteiger partial charge in [-0.05, 0) is 68.6 Å². The van der Waals surface area contributed by atoms with Crippen LogP contribution < -0.4 is 5.32 Å². The van der Waals surface area contributed by atoms with E-state index in [0.29, 0.717) is 12.3 Å². The maximum absolute atomic E-state index is 12.2. The summed E-state index contributed by atoms with van der Waals surface area (Å²) in [4.78, 5) is 23.1. The minimum absolute atomic E-state index is 0.246. The fraction of sp³-hybridized carbons (Fsp3) is 0.882. The summed E-state index contributed by atoms with van der Waals surface area (Å²) in [6.07, 6.45) is 9.12. The first-order chi connectivity index (χ1) is 9.98. The van der Waals surface area contributed by atoms with E-state index in [-0.39, 0.29) is 5.60 Å². The molecule has 0 aromatic rings. The number of alkyl carbamates (subject to hydrolysis) is 1. The lowest BCUT2D eigenvalue weighted by molar-refractivity contribution is -0.127. The van der Waals surface area contributed by atoms with E-state index in [1.165, 1.54) is 19.3 Å². The van der Waals surface area contributed by atoms with E-state index in [9.17, 15) is 9.59 Å². The van der Waals surface area contributed by atoms with Gasteiger partial charge in [-0.3, -0.25) is 4.79 Å². The van der Waals surface area contributed by atoms with Gasteiger partial charge in [0, 0.05) is 0 Å². The molecule has 0 aromatic heterocycles. The maximum Gasteiger partial charge on any atom is 0.408 e. The molecule has 4 saturated carbocycles. The lowest BCUT2D eigenvalue weighted by Gasteiger charge is -2.55. The van der Waals surface area contributed by atoms with Crippen molar-refractivity contribution in [2.24, 2.45) is 23.7 Å². The summed E-state index contributed by atoms with van der Waals surface area (Å²) in [5.41, 5.74) is -0.246. The molecule has 1 radical (unpaired) electrons. The molecule has 4 heteroatoms. The van der Waals surface area contributed by atoms with Gasteiger partial charge in [-0.25, -0.2) is 4.79 Å². The van der Waals surface area contributed by atoms with Crippen molar-refractivity contribution < 1.29 is 14.3 Å². The van der Waals surface area contributed by atoms with E-state index in [4.69, 9.17) is 4.74 Å². The van der Waals surface area contributed by atoms with Crippen LogP contribution in [-0.4, -0.2) is 24.0 Å². The van der Waals surface area contributed by atoms with Gasteiger partial charge in [-0.1, -0.05) is 13.8 Å². The van der Waals surface area contributed by atoms with Gasteiger partial charge in [0.1, 0.15) is 5.60 Å². The van der Waals surface area contributed by atoms with Crippen molar-refractivity contribution in [3.05, 3.63) is 0 Å². The molecule has 21 heavy (non-hydrogen) atoms. The van der Waals surface area contributed by atoms with E-state index < -0.39 is 12.1 Å². The molecule has 1 atom stereocenters. The van der Waals surface area contributed by atoms with Gasteiger partial charge >= 0.3 is 6.09 Å². The summed E-state index contributed by atoms with van der Waals surface area (Å²) in [6, 6.07) is -0.550. The fourth-order valence-corrected chi connectivity index (χ4v) is 5.13. The Hall–Kier alpha value is -1.06. The minimum atomic E-state index is -0.550. The Morgan fingerprint density at radius 2 is 1.71 bits per heavy atom. The van der Waals surface area contributed by atoms with Crippen LogP contribution in [-0.2, 0) is 9.53 Å². The quantitative estimate of drug-likeness (QED) is 0.846. The summed E-state index contributed by atoms with van der Waals surface area (Å²) in [7, 11) is 0. The first kappa shape index (κ1) is 14.9. The van der Waals surface area contributed by atoms with Gasteiger partial charge in [0.15, 0.2) is 0 Å². The molecule has 4 aliphatic rings. The average molecular weight is 292 g/mol. The zero-order valence-electron chi connectivity index (χ0n) is 13.1. The SMILES string of the molecule is CC(C)C[C@@H]([C]=O)NC(=O)OC12CC3CC(CC(C3)C1)C2. The second-order valence-corrected chi connectivity index (χ2v) is 7.93. The van der Waals surface area contributed by atoms with Crippen molar-refractivity contribution >= 4 is 12.4 Å². The lowest BCUT2D eigenvalue weighted by Crippen LogP contribution is -2.54. The van der Waals surface area contributed by atoms with E-state index >= 15 is 0 Å². The number of carbonyl (C=O) groups excluding carboxylic acids is 2. The monoisotopic (exact) mass is 292 g/mol. The zero-order valence-corrected chi connectivity index (χ0v) is 13.1. The average Bonchev–Trinajstić information content (AvgIpc) is 2.34. The number of hydrogen-bond donors (Lipinski definition) is 1. The number of ether oxygens (including phenoxy) is 1. The first-order valence-corrected chi connectivity index (χ1v) is 8.35. The Bertz CT molecular complexity index is 383. The maximum atomic E-state index is 12.2. The molecule has 4 rings (SSSR count). The molecule has 0 aliphatic heterocycles. The molecule has 0 aromatic carbocycles. The van der Waals surface area contributed by atoms with Gasteiger partial charge in [-0.2, -0.15) is 0 Å². The van der Waals surface area contributed by atoms with Crippen LogP contribution in [0.15, 0.2) is 0 Å². The molecule has 0 heterocycles. The van der Waals surface area contributed by atoms with Crippen molar-refractivity contribution in [1.29, 1.82) is 0 Å². The van der Waals surface area contributed by atoms with Gasteiger partial charge in [-0.15, -0.1) is 0 Å². The predicted molar refractivity (Wildman–Crippen MR) is 79.5 cm³/mol. The van der Waals surface area contributed by atoms with E-state index in [2.05, 4.69) is 5.32 Å². The Labute approximate surface area is 127 Å². The number of carbonyl (C=O) groups is 1. The molecule has 4 aliphatic carbocycles. The summed E-state index contributed by atoms with van der Waals surface area (Å²) >= 11 is 0. The predicted octanol–water partition coefficient (Wildman–Crippen LogP) is 3.21. The Morgan fingerprint density at radius 1 is 1.19 bits per heavy atom. The molecule has 1 amide bonds. The highest BCUT2D eigenvalue weighted by atomic mass is 16.6. The number of rotatable bonds is 5. The number of amides is 1. The second-order valence-electron chi connectivity index (χ2n) is 7.93. The van der Waals surface area contributed by atoms with E-state index in [1.54, 1.807) is 0 Å². The van der Waals surface area contributed by atoms with Gasteiger partial charge in [0.2, 0.25) is 6.29 Å². The minimum Gasteiger partial charge on any atom is -0.443 e. The molecule has 4 nitrogen and oxygen atoms in total. The van der Waals surface area contributed by atoms with Crippen molar-refractivity contribution in [2.45, 2.75) is 70.4 Å².